The Labute approximate surface area is 133 Å². The van der Waals surface area contributed by atoms with E-state index in [4.69, 9.17) is 4.74 Å². The molecule has 2 unspecified atom stereocenters. The second-order valence-electron chi connectivity index (χ2n) is 5.69. The van der Waals surface area contributed by atoms with Crippen molar-refractivity contribution in [2.45, 2.75) is 43.2 Å². The first-order valence-electron chi connectivity index (χ1n) is 7.16. The number of piperidine rings is 1. The van der Waals surface area contributed by atoms with Crippen molar-refractivity contribution in [3.05, 3.63) is 22.2 Å². The summed E-state index contributed by atoms with van der Waals surface area (Å²) in [4.78, 5) is 0.246. The van der Waals surface area contributed by atoms with E-state index in [1.165, 1.54) is 0 Å². The lowest BCUT2D eigenvalue weighted by Crippen LogP contribution is -2.46. The quantitative estimate of drug-likeness (QED) is 0.846. The molecule has 1 saturated heterocycles. The number of benzene rings is 1. The van der Waals surface area contributed by atoms with Crippen molar-refractivity contribution in [2.24, 2.45) is 0 Å². The first-order valence-corrected chi connectivity index (χ1v) is 9.44. The van der Waals surface area contributed by atoms with Crippen LogP contribution in [0.15, 0.2) is 21.5 Å². The molecule has 1 aromatic rings. The Balaban J connectivity index is 1.88. The Morgan fingerprint density at radius 2 is 2.24 bits per heavy atom. The van der Waals surface area contributed by atoms with Crippen LogP contribution >= 0.6 is 15.9 Å². The smallest absolute Gasteiger partial charge is 0.244 e. The van der Waals surface area contributed by atoms with E-state index < -0.39 is 10.0 Å². The van der Waals surface area contributed by atoms with Gasteiger partial charge in [-0.1, -0.05) is 15.9 Å². The molecule has 0 spiro atoms. The molecule has 116 valence electrons. The van der Waals surface area contributed by atoms with Crippen molar-refractivity contribution >= 4 is 26.0 Å². The van der Waals surface area contributed by atoms with Gasteiger partial charge in [-0.25, -0.2) is 13.1 Å². The van der Waals surface area contributed by atoms with Crippen LogP contribution < -0.4 is 14.8 Å². The molecule has 1 aromatic carbocycles. The molecular weight excluding hydrogens is 356 g/mol. The van der Waals surface area contributed by atoms with Crippen molar-refractivity contribution in [3.8, 4) is 5.75 Å². The highest BCUT2D eigenvalue weighted by atomic mass is 79.9. The fraction of sp³-hybridized carbons (Fsp3) is 0.571. The molecule has 0 aromatic heterocycles. The van der Waals surface area contributed by atoms with Crippen LogP contribution in [-0.2, 0) is 16.4 Å². The third-order valence-electron chi connectivity index (χ3n) is 3.95. The Kier molecular flexibility index (Phi) is 4.27. The molecule has 2 aliphatic heterocycles. The maximum Gasteiger partial charge on any atom is 0.244 e. The minimum absolute atomic E-state index is 0.0257. The molecule has 21 heavy (non-hydrogen) atoms. The zero-order chi connectivity index (χ0) is 15.0. The van der Waals surface area contributed by atoms with Gasteiger partial charge in [0.2, 0.25) is 10.0 Å². The molecule has 0 saturated carbocycles. The molecule has 3 rings (SSSR count). The van der Waals surface area contributed by atoms with E-state index in [0.717, 1.165) is 35.8 Å². The number of fused-ring (bicyclic) bond motifs is 1. The SMILES string of the molecule is CC1CC(NS(=O)(=O)c2cc(Br)cc3c2OCC3)CCN1. The Morgan fingerprint density at radius 3 is 3.00 bits per heavy atom. The summed E-state index contributed by atoms with van der Waals surface area (Å²) >= 11 is 3.39. The highest BCUT2D eigenvalue weighted by molar-refractivity contribution is 9.10. The van der Waals surface area contributed by atoms with Crippen LogP contribution in [0.1, 0.15) is 25.3 Å². The summed E-state index contributed by atoms with van der Waals surface area (Å²) < 4.78 is 34.5. The second kappa shape index (κ2) is 5.87. The number of sulfonamides is 1. The summed E-state index contributed by atoms with van der Waals surface area (Å²) in [6.45, 7) is 3.44. The van der Waals surface area contributed by atoms with E-state index in [0.29, 0.717) is 18.4 Å². The van der Waals surface area contributed by atoms with Gasteiger partial charge in [0.15, 0.2) is 0 Å². The Bertz CT molecular complexity index is 648. The molecular formula is C14H19BrN2O3S. The Morgan fingerprint density at radius 1 is 1.43 bits per heavy atom. The average molecular weight is 375 g/mol. The number of ether oxygens (including phenoxy) is 1. The molecule has 2 heterocycles. The van der Waals surface area contributed by atoms with Crippen LogP contribution in [0.4, 0.5) is 0 Å². The van der Waals surface area contributed by atoms with Gasteiger partial charge in [-0.05, 0) is 38.4 Å². The lowest BCUT2D eigenvalue weighted by atomic mass is 10.0. The minimum Gasteiger partial charge on any atom is -0.492 e. The summed E-state index contributed by atoms with van der Waals surface area (Å²) in [6.07, 6.45) is 2.36. The van der Waals surface area contributed by atoms with Crippen LogP contribution in [0.3, 0.4) is 0 Å². The van der Waals surface area contributed by atoms with E-state index in [1.54, 1.807) is 6.07 Å². The third-order valence-corrected chi connectivity index (χ3v) is 5.93. The molecule has 1 fully saturated rings. The lowest BCUT2D eigenvalue weighted by molar-refractivity contribution is 0.346. The van der Waals surface area contributed by atoms with Gasteiger partial charge in [0.05, 0.1) is 6.61 Å². The summed E-state index contributed by atoms with van der Waals surface area (Å²) in [6, 6.07) is 3.85. The topological polar surface area (TPSA) is 67.4 Å². The predicted molar refractivity (Wildman–Crippen MR) is 84.1 cm³/mol. The molecule has 2 aliphatic rings. The van der Waals surface area contributed by atoms with Crippen molar-refractivity contribution in [2.75, 3.05) is 13.2 Å². The molecule has 0 radical (unpaired) electrons. The first-order chi connectivity index (χ1) is 9.95. The highest BCUT2D eigenvalue weighted by Gasteiger charge is 2.29. The molecule has 2 N–H and O–H groups in total. The number of hydrogen-bond donors (Lipinski definition) is 2. The standard InChI is InChI=1S/C14H19BrN2O3S/c1-9-6-12(2-4-16-9)17-21(18,19)13-8-11(15)7-10-3-5-20-14(10)13/h7-9,12,16-17H,2-6H2,1H3. The van der Waals surface area contributed by atoms with Gasteiger partial charge >= 0.3 is 0 Å². The molecule has 2 atom stereocenters. The van der Waals surface area contributed by atoms with Gasteiger partial charge in [0, 0.05) is 28.5 Å². The van der Waals surface area contributed by atoms with Gasteiger partial charge in [0.1, 0.15) is 10.6 Å². The van der Waals surface area contributed by atoms with Crippen molar-refractivity contribution in [1.29, 1.82) is 0 Å². The first kappa shape index (κ1) is 15.3. The summed E-state index contributed by atoms with van der Waals surface area (Å²) in [5, 5.41) is 3.32. The number of hydrogen-bond acceptors (Lipinski definition) is 4. The zero-order valence-corrected chi connectivity index (χ0v) is 14.3. The normalized spacial score (nSPS) is 25.4. The third kappa shape index (κ3) is 3.26. The predicted octanol–water partition coefficient (Wildman–Crippen LogP) is 1.80. The van der Waals surface area contributed by atoms with Gasteiger partial charge in [-0.15, -0.1) is 0 Å². The van der Waals surface area contributed by atoms with Crippen LogP contribution in [0.2, 0.25) is 0 Å². The summed E-state index contributed by atoms with van der Waals surface area (Å²) in [5.74, 6) is 0.507. The summed E-state index contributed by atoms with van der Waals surface area (Å²) in [5.41, 5.74) is 0.948. The van der Waals surface area contributed by atoms with E-state index in [1.807, 2.05) is 6.07 Å². The van der Waals surface area contributed by atoms with Crippen molar-refractivity contribution in [1.82, 2.24) is 10.0 Å². The van der Waals surface area contributed by atoms with Crippen molar-refractivity contribution < 1.29 is 13.2 Å². The second-order valence-corrected chi connectivity index (χ2v) is 8.29. The maximum atomic E-state index is 12.7. The van der Waals surface area contributed by atoms with Gasteiger partial charge < -0.3 is 10.1 Å². The highest BCUT2D eigenvalue weighted by Crippen LogP contribution is 2.36. The van der Waals surface area contributed by atoms with Gasteiger partial charge in [0.25, 0.3) is 0 Å². The van der Waals surface area contributed by atoms with Crippen LogP contribution in [0.5, 0.6) is 5.75 Å². The molecule has 5 nitrogen and oxygen atoms in total. The molecule has 0 aliphatic carbocycles. The fourth-order valence-electron chi connectivity index (χ4n) is 2.96. The average Bonchev–Trinajstić information content (AvgIpc) is 2.84. The molecule has 0 bridgehead atoms. The maximum absolute atomic E-state index is 12.7. The Hall–Kier alpha value is -0.630. The lowest BCUT2D eigenvalue weighted by Gasteiger charge is -2.28. The monoisotopic (exact) mass is 374 g/mol. The zero-order valence-electron chi connectivity index (χ0n) is 11.9. The summed E-state index contributed by atoms with van der Waals surface area (Å²) in [7, 11) is -3.56. The van der Waals surface area contributed by atoms with Gasteiger partial charge in [-0.2, -0.15) is 0 Å². The fourth-order valence-corrected chi connectivity index (χ4v) is 5.11. The molecule has 7 heteroatoms. The van der Waals surface area contributed by atoms with E-state index in [-0.39, 0.29) is 10.9 Å². The van der Waals surface area contributed by atoms with Crippen LogP contribution in [0, 0.1) is 0 Å². The molecule has 0 amide bonds. The largest absolute Gasteiger partial charge is 0.492 e. The number of halogens is 1. The van der Waals surface area contributed by atoms with E-state index in [9.17, 15) is 8.42 Å². The van der Waals surface area contributed by atoms with Crippen molar-refractivity contribution in [3.63, 3.8) is 0 Å². The number of rotatable bonds is 3. The minimum atomic E-state index is -3.56. The number of nitrogens with one attached hydrogen (secondary N) is 2. The van der Waals surface area contributed by atoms with Gasteiger partial charge in [-0.3, -0.25) is 0 Å². The van der Waals surface area contributed by atoms with Crippen LogP contribution in [0.25, 0.3) is 0 Å². The van der Waals surface area contributed by atoms with E-state index in [2.05, 4.69) is 32.9 Å². The van der Waals surface area contributed by atoms with E-state index >= 15 is 0 Å². The van der Waals surface area contributed by atoms with Crippen LogP contribution in [-0.4, -0.2) is 33.7 Å².